The van der Waals surface area contributed by atoms with E-state index in [1.54, 1.807) is 13.2 Å². The van der Waals surface area contributed by atoms with Crippen LogP contribution in [0.3, 0.4) is 0 Å². The Hall–Kier alpha value is -3.40. The minimum atomic E-state index is -3.26. The third kappa shape index (κ3) is 7.38. The van der Waals surface area contributed by atoms with Crippen molar-refractivity contribution in [3.05, 3.63) is 93.8 Å². The van der Waals surface area contributed by atoms with Crippen LogP contribution in [0.25, 0.3) is 0 Å². The Morgan fingerprint density at radius 3 is 2.79 bits per heavy atom. The number of benzene rings is 2. The lowest BCUT2D eigenvalue weighted by molar-refractivity contribution is 0.0131. The third-order valence-corrected chi connectivity index (χ3v) is 15.2. The second kappa shape index (κ2) is 14.7. The molecule has 3 aromatic rings. The summed E-state index contributed by atoms with van der Waals surface area (Å²) in [6.07, 6.45) is 14.0. The average Bonchev–Trinajstić information content (AvgIpc) is 3.48. The number of hydrogen-bond acceptors (Lipinski definition) is 6. The summed E-state index contributed by atoms with van der Waals surface area (Å²) >= 11 is 6.48. The molecule has 0 radical (unpaired) electrons. The Morgan fingerprint density at radius 1 is 1.11 bits per heavy atom. The molecule has 282 valence electrons. The lowest BCUT2D eigenvalue weighted by Crippen LogP contribution is -2.49. The molecule has 1 spiro atoms. The van der Waals surface area contributed by atoms with Crippen LogP contribution >= 0.6 is 11.6 Å². The highest BCUT2D eigenvalue weighted by Gasteiger charge is 2.44. The highest BCUT2D eigenvalue weighted by atomic mass is 35.5. The molecule has 1 saturated carbocycles. The topological polar surface area (TPSA) is 90.2 Å². The number of carbonyl (C=O) groups is 2. The van der Waals surface area contributed by atoms with Gasteiger partial charge in [-0.25, -0.2) is 4.21 Å². The lowest BCUT2D eigenvalue weighted by Gasteiger charge is -2.46. The van der Waals surface area contributed by atoms with E-state index in [9.17, 15) is 13.8 Å². The Labute approximate surface area is 319 Å². The largest absolute Gasteiger partial charge is 0.490 e. The van der Waals surface area contributed by atoms with E-state index in [2.05, 4.69) is 45.0 Å². The molecular weight excluding hydrogens is 706 g/mol. The summed E-state index contributed by atoms with van der Waals surface area (Å²) in [7, 11) is -1.47. The molecule has 5 aliphatic rings. The quantitative estimate of drug-likeness (QED) is 0.197. The van der Waals surface area contributed by atoms with Gasteiger partial charge in [0.2, 0.25) is 0 Å². The van der Waals surface area contributed by atoms with E-state index < -0.39 is 15.6 Å². The summed E-state index contributed by atoms with van der Waals surface area (Å²) in [6, 6.07) is 13.7. The van der Waals surface area contributed by atoms with Crippen molar-refractivity contribution in [2.75, 3.05) is 43.2 Å². The number of nitrogens with zero attached hydrogens (tertiary/aromatic N) is 3. The van der Waals surface area contributed by atoms with Crippen LogP contribution in [0.15, 0.2) is 65.2 Å². The summed E-state index contributed by atoms with van der Waals surface area (Å²) < 4.78 is 34.2. The fourth-order valence-electron chi connectivity index (χ4n) is 9.66. The number of ketones is 1. The van der Waals surface area contributed by atoms with Gasteiger partial charge >= 0.3 is 0 Å². The number of carbonyl (C=O) groups excluding carboxylic acids is 2. The number of fused-ring (bicyclic) bond motifs is 5. The van der Waals surface area contributed by atoms with Gasteiger partial charge in [0.1, 0.15) is 5.75 Å². The number of methoxy groups -OCH3 is 1. The molecule has 8 rings (SSSR count). The van der Waals surface area contributed by atoms with Crippen molar-refractivity contribution >= 4 is 38.7 Å². The zero-order valence-corrected chi connectivity index (χ0v) is 32.8. The van der Waals surface area contributed by atoms with Crippen LogP contribution in [-0.4, -0.2) is 64.9 Å². The van der Waals surface area contributed by atoms with Gasteiger partial charge in [0.25, 0.3) is 5.91 Å². The number of rotatable bonds is 4. The first-order chi connectivity index (χ1) is 25.5. The van der Waals surface area contributed by atoms with E-state index >= 15 is 0 Å². The van der Waals surface area contributed by atoms with Gasteiger partial charge in [0.15, 0.2) is 5.78 Å². The standard InChI is InChI=1S/C43H52ClN3O5S/c1-28-15-17-46-23-33(20-35(46)18-28)39(48)25-53(50)24-29(2)6-4-8-40(51-3)36-12-9-32(36)22-47-26-43(16-5-7-30-19-34(44)11-13-37(30)43)27-52-41-14-10-31(21-38(41)47)42(49)45-53/h4,8,10-11,13-14,19-21,23,28-29,32,36,40H,5-7,9,12,15-18,22,24-27H2,1-3H3/b8-4+/t28?,29-,32-,36+,40-,43-,53+/m0/s1. The molecule has 4 heterocycles. The second-order valence-corrected chi connectivity index (χ2v) is 19.5. The van der Waals surface area contributed by atoms with Crippen molar-refractivity contribution in [1.29, 1.82) is 0 Å². The minimum absolute atomic E-state index is 0.0322. The van der Waals surface area contributed by atoms with E-state index in [1.165, 1.54) is 11.1 Å². The Morgan fingerprint density at radius 2 is 1.98 bits per heavy atom. The normalized spacial score (nSPS) is 31.9. The molecule has 2 aromatic carbocycles. The Bertz CT molecular complexity index is 2070. The van der Waals surface area contributed by atoms with Crippen LogP contribution in [0.5, 0.6) is 5.75 Å². The predicted molar refractivity (Wildman–Crippen MR) is 211 cm³/mol. The SMILES string of the molecule is CO[C@H]1/C=C/C[C@H](C)C[S@@](=O)(CC(=O)c2cc3n(c2)CCC(C)C3)=NC(=O)c2ccc3c(c2)N(C[C@@H]2CC[C@H]21)C[C@@]1(CCCc2cc(Cl)ccc21)CO3. The molecule has 0 N–H and O–H groups in total. The maximum atomic E-state index is 14.8. The van der Waals surface area contributed by atoms with Crippen molar-refractivity contribution in [2.45, 2.75) is 83.3 Å². The van der Waals surface area contributed by atoms with Crippen molar-refractivity contribution in [3.63, 3.8) is 0 Å². The molecule has 2 aliphatic carbocycles. The van der Waals surface area contributed by atoms with Crippen LogP contribution in [0.4, 0.5) is 5.69 Å². The van der Waals surface area contributed by atoms with Gasteiger partial charge in [-0.1, -0.05) is 43.7 Å². The zero-order valence-electron chi connectivity index (χ0n) is 31.2. The predicted octanol–water partition coefficient (Wildman–Crippen LogP) is 8.33. The van der Waals surface area contributed by atoms with Gasteiger partial charge in [-0.05, 0) is 123 Å². The first-order valence-corrected chi connectivity index (χ1v) is 21.7. The summed E-state index contributed by atoms with van der Waals surface area (Å²) in [5.74, 6) is 1.08. The van der Waals surface area contributed by atoms with Gasteiger partial charge in [-0.2, -0.15) is 4.36 Å². The number of anilines is 1. The van der Waals surface area contributed by atoms with Crippen LogP contribution in [-0.2, 0) is 39.3 Å². The van der Waals surface area contributed by atoms with Gasteiger partial charge in [0, 0.05) is 66.0 Å². The van der Waals surface area contributed by atoms with Crippen LogP contribution in [0, 0.1) is 23.7 Å². The molecule has 1 amide bonds. The fourth-order valence-corrected chi connectivity index (χ4v) is 12.1. The van der Waals surface area contributed by atoms with Crippen LogP contribution in [0.2, 0.25) is 5.02 Å². The molecular formula is C43H52ClN3O5S. The van der Waals surface area contributed by atoms with Crippen molar-refractivity contribution in [3.8, 4) is 5.75 Å². The summed E-state index contributed by atoms with van der Waals surface area (Å²) in [6.45, 7) is 7.19. The molecule has 2 bridgehead atoms. The maximum Gasteiger partial charge on any atom is 0.285 e. The Balaban J connectivity index is 1.18. The van der Waals surface area contributed by atoms with Gasteiger partial charge in [-0.3, -0.25) is 9.59 Å². The molecule has 8 nitrogen and oxygen atoms in total. The van der Waals surface area contributed by atoms with Crippen LogP contribution in [0.1, 0.15) is 89.9 Å². The molecule has 7 atom stereocenters. The number of hydrogen-bond donors (Lipinski definition) is 0. The summed E-state index contributed by atoms with van der Waals surface area (Å²) in [5, 5.41) is 0.751. The molecule has 1 fully saturated rings. The molecule has 1 aromatic heterocycles. The molecule has 53 heavy (non-hydrogen) atoms. The zero-order chi connectivity index (χ0) is 36.9. The van der Waals surface area contributed by atoms with Gasteiger partial charge < -0.3 is 18.9 Å². The minimum Gasteiger partial charge on any atom is -0.490 e. The number of aryl methyl sites for hydroxylation is 2. The molecule has 1 unspecified atom stereocenters. The van der Waals surface area contributed by atoms with Crippen molar-refractivity contribution in [1.82, 2.24) is 4.57 Å². The Kier molecular flexibility index (Phi) is 10.1. The first-order valence-electron chi connectivity index (χ1n) is 19.5. The van der Waals surface area contributed by atoms with E-state index in [1.807, 2.05) is 37.4 Å². The van der Waals surface area contributed by atoms with E-state index in [0.717, 1.165) is 86.7 Å². The van der Waals surface area contributed by atoms with Crippen LogP contribution < -0.4 is 9.64 Å². The highest BCUT2D eigenvalue weighted by molar-refractivity contribution is 7.94. The molecule has 10 heteroatoms. The number of aromatic nitrogens is 1. The third-order valence-electron chi connectivity index (χ3n) is 12.7. The number of ether oxygens (including phenoxy) is 2. The molecule has 0 saturated heterocycles. The summed E-state index contributed by atoms with van der Waals surface area (Å²) in [5.41, 5.74) is 5.23. The monoisotopic (exact) mass is 757 g/mol. The average molecular weight is 758 g/mol. The van der Waals surface area contributed by atoms with Crippen molar-refractivity contribution < 1.29 is 23.3 Å². The smallest absolute Gasteiger partial charge is 0.285 e. The van der Waals surface area contributed by atoms with Gasteiger partial charge in [-0.15, -0.1) is 0 Å². The van der Waals surface area contributed by atoms with E-state index in [4.69, 9.17) is 21.1 Å². The molecule has 3 aliphatic heterocycles. The van der Waals surface area contributed by atoms with E-state index in [-0.39, 0.29) is 34.7 Å². The number of amides is 1. The first kappa shape index (κ1) is 36.6. The van der Waals surface area contributed by atoms with E-state index in [0.29, 0.717) is 41.9 Å². The second-order valence-electron chi connectivity index (χ2n) is 16.7. The number of allylic oxidation sites excluding steroid dienone is 1. The van der Waals surface area contributed by atoms with Crippen molar-refractivity contribution in [2.24, 2.45) is 28.0 Å². The lowest BCUT2D eigenvalue weighted by atomic mass is 9.68. The number of halogens is 1. The fraction of sp³-hybridized carbons (Fsp3) is 0.535. The summed E-state index contributed by atoms with van der Waals surface area (Å²) in [4.78, 5) is 30.4. The highest BCUT2D eigenvalue weighted by Crippen LogP contribution is 2.47. The van der Waals surface area contributed by atoms with Gasteiger partial charge in [0.05, 0.1) is 33.9 Å². The number of Topliss-reactive ketones (excluding diaryl/α,β-unsaturated/α-hetero) is 1. The maximum absolute atomic E-state index is 14.8.